The number of nitrogens with two attached hydrogens (primary N) is 1. The third kappa shape index (κ3) is 3.28. The van der Waals surface area contributed by atoms with E-state index in [0.717, 1.165) is 11.1 Å². The number of hydrogen-bond acceptors (Lipinski definition) is 3. The summed E-state index contributed by atoms with van der Waals surface area (Å²) in [7, 11) is 0. The van der Waals surface area contributed by atoms with Crippen molar-refractivity contribution < 1.29 is 9.50 Å². The maximum Gasteiger partial charge on any atom is 0.123 e. The number of nitrogens with zero attached hydrogens (tertiary/aromatic N) is 1. The van der Waals surface area contributed by atoms with Crippen molar-refractivity contribution in [2.75, 3.05) is 5.73 Å². The molecule has 3 nitrogen and oxygen atoms in total. The van der Waals surface area contributed by atoms with Gasteiger partial charge in [-0.25, -0.2) is 4.39 Å². The van der Waals surface area contributed by atoms with Gasteiger partial charge in [0.05, 0.1) is 6.10 Å². The zero-order valence-electron chi connectivity index (χ0n) is 9.88. The maximum atomic E-state index is 12.7. The number of halogens is 1. The van der Waals surface area contributed by atoms with Gasteiger partial charge in [-0.15, -0.1) is 0 Å². The predicted octanol–water partition coefficient (Wildman–Crippen LogP) is 1.95. The first-order valence-electron chi connectivity index (χ1n) is 5.76. The lowest BCUT2D eigenvalue weighted by Crippen LogP contribution is -2.15. The molecule has 0 saturated heterocycles. The van der Waals surface area contributed by atoms with Crippen LogP contribution in [-0.4, -0.2) is 16.2 Å². The van der Waals surface area contributed by atoms with Gasteiger partial charge >= 0.3 is 0 Å². The molecule has 0 spiro atoms. The summed E-state index contributed by atoms with van der Waals surface area (Å²) in [6, 6.07) is 7.83. The van der Waals surface area contributed by atoms with Crippen molar-refractivity contribution in [1.82, 2.24) is 4.98 Å². The van der Waals surface area contributed by atoms with Crippen LogP contribution in [0.4, 0.5) is 10.1 Å². The predicted molar refractivity (Wildman–Crippen MR) is 68.5 cm³/mol. The number of rotatable bonds is 4. The number of hydrogen-bond donors (Lipinski definition) is 2. The molecular weight excluding hydrogens is 231 g/mol. The molecule has 1 aromatic carbocycles. The van der Waals surface area contributed by atoms with Crippen LogP contribution in [0.25, 0.3) is 0 Å². The molecule has 1 unspecified atom stereocenters. The molecule has 3 N–H and O–H groups in total. The minimum atomic E-state index is -0.554. The second-order valence-electron chi connectivity index (χ2n) is 4.26. The molecule has 0 saturated carbocycles. The highest BCUT2D eigenvalue weighted by Crippen LogP contribution is 2.14. The molecule has 2 rings (SSSR count). The van der Waals surface area contributed by atoms with Gasteiger partial charge in [0.15, 0.2) is 0 Å². The molecule has 1 aromatic heterocycles. The first-order chi connectivity index (χ1) is 8.65. The molecule has 94 valence electrons. The van der Waals surface area contributed by atoms with Crippen molar-refractivity contribution in [3.63, 3.8) is 0 Å². The third-order valence-corrected chi connectivity index (χ3v) is 2.78. The normalized spacial score (nSPS) is 12.3. The summed E-state index contributed by atoms with van der Waals surface area (Å²) in [6.07, 6.45) is 3.63. The minimum Gasteiger partial charge on any atom is -0.398 e. The quantitative estimate of drug-likeness (QED) is 0.866. The van der Waals surface area contributed by atoms with E-state index in [4.69, 9.17) is 5.73 Å². The van der Waals surface area contributed by atoms with Crippen molar-refractivity contribution in [2.45, 2.75) is 18.9 Å². The molecule has 2 aromatic rings. The molecule has 0 fully saturated rings. The van der Waals surface area contributed by atoms with Crippen LogP contribution in [0.5, 0.6) is 0 Å². The Morgan fingerprint density at radius 2 is 1.89 bits per heavy atom. The summed E-state index contributed by atoms with van der Waals surface area (Å²) in [6.45, 7) is 0. The Bertz CT molecular complexity index is 513. The van der Waals surface area contributed by atoms with Gasteiger partial charge in [0.25, 0.3) is 0 Å². The van der Waals surface area contributed by atoms with E-state index >= 15 is 0 Å². The Hall–Kier alpha value is -1.94. The van der Waals surface area contributed by atoms with Gasteiger partial charge in [0.1, 0.15) is 5.82 Å². The van der Waals surface area contributed by atoms with E-state index in [-0.39, 0.29) is 5.82 Å². The molecule has 0 radical (unpaired) electrons. The van der Waals surface area contributed by atoms with Crippen LogP contribution >= 0.6 is 0 Å². The van der Waals surface area contributed by atoms with Crippen molar-refractivity contribution in [3.05, 3.63) is 59.7 Å². The summed E-state index contributed by atoms with van der Waals surface area (Å²) in [5, 5.41) is 9.97. The summed E-state index contributed by atoms with van der Waals surface area (Å²) >= 11 is 0. The molecule has 0 aliphatic heterocycles. The summed E-state index contributed by atoms with van der Waals surface area (Å²) < 4.78 is 12.7. The van der Waals surface area contributed by atoms with Gasteiger partial charge in [-0.05, 0) is 35.7 Å². The number of aliphatic hydroxyl groups is 1. The first kappa shape index (κ1) is 12.5. The lowest BCUT2D eigenvalue weighted by molar-refractivity contribution is 0.175. The van der Waals surface area contributed by atoms with Crippen molar-refractivity contribution in [2.24, 2.45) is 0 Å². The van der Waals surface area contributed by atoms with E-state index in [2.05, 4.69) is 4.98 Å². The van der Waals surface area contributed by atoms with Gasteiger partial charge in [-0.2, -0.15) is 0 Å². The molecule has 18 heavy (non-hydrogen) atoms. The highest BCUT2D eigenvalue weighted by molar-refractivity contribution is 5.44. The van der Waals surface area contributed by atoms with Crippen LogP contribution in [0.1, 0.15) is 11.1 Å². The van der Waals surface area contributed by atoms with Crippen molar-refractivity contribution in [1.29, 1.82) is 0 Å². The molecule has 1 heterocycles. The van der Waals surface area contributed by atoms with Crippen molar-refractivity contribution in [3.8, 4) is 0 Å². The fourth-order valence-electron chi connectivity index (χ4n) is 1.83. The second kappa shape index (κ2) is 5.60. The van der Waals surface area contributed by atoms with Crippen LogP contribution in [-0.2, 0) is 12.8 Å². The lowest BCUT2D eigenvalue weighted by atomic mass is 10.0. The average Bonchev–Trinajstić information content (AvgIpc) is 2.35. The largest absolute Gasteiger partial charge is 0.398 e. The Labute approximate surface area is 105 Å². The monoisotopic (exact) mass is 246 g/mol. The van der Waals surface area contributed by atoms with Gasteiger partial charge in [-0.1, -0.05) is 12.1 Å². The zero-order valence-corrected chi connectivity index (χ0v) is 9.88. The number of benzene rings is 1. The summed E-state index contributed by atoms with van der Waals surface area (Å²) in [4.78, 5) is 3.98. The van der Waals surface area contributed by atoms with Crippen LogP contribution in [0.3, 0.4) is 0 Å². The summed E-state index contributed by atoms with van der Waals surface area (Å²) in [5.74, 6) is -0.273. The lowest BCUT2D eigenvalue weighted by Gasteiger charge is -2.12. The molecular formula is C14H15FN2O. The molecule has 1 atom stereocenters. The fourth-order valence-corrected chi connectivity index (χ4v) is 1.83. The topological polar surface area (TPSA) is 59.1 Å². The third-order valence-electron chi connectivity index (χ3n) is 2.78. The van der Waals surface area contributed by atoms with Gasteiger partial charge in [-0.3, -0.25) is 4.98 Å². The van der Waals surface area contributed by atoms with E-state index in [0.29, 0.717) is 18.5 Å². The Morgan fingerprint density at radius 3 is 2.56 bits per heavy atom. The second-order valence-corrected chi connectivity index (χ2v) is 4.26. The number of nitrogen functional groups attached to an aromatic ring is 1. The number of aromatic nitrogens is 1. The van der Waals surface area contributed by atoms with Gasteiger partial charge < -0.3 is 10.8 Å². The smallest absolute Gasteiger partial charge is 0.123 e. The van der Waals surface area contributed by atoms with E-state index in [9.17, 15) is 9.50 Å². The number of pyridine rings is 1. The van der Waals surface area contributed by atoms with E-state index in [1.165, 1.54) is 12.1 Å². The Balaban J connectivity index is 1.99. The van der Waals surface area contributed by atoms with Crippen LogP contribution in [0.2, 0.25) is 0 Å². The summed E-state index contributed by atoms with van der Waals surface area (Å²) in [5.41, 5.74) is 8.13. The average molecular weight is 246 g/mol. The number of aliphatic hydroxyl groups excluding tert-OH is 1. The Kier molecular flexibility index (Phi) is 3.89. The van der Waals surface area contributed by atoms with Crippen molar-refractivity contribution >= 4 is 5.69 Å². The molecule has 0 bridgehead atoms. The zero-order chi connectivity index (χ0) is 13.0. The first-order valence-corrected chi connectivity index (χ1v) is 5.76. The fraction of sp³-hybridized carbons (Fsp3) is 0.214. The Morgan fingerprint density at radius 1 is 1.17 bits per heavy atom. The minimum absolute atomic E-state index is 0.273. The highest BCUT2D eigenvalue weighted by Gasteiger charge is 2.09. The molecule has 0 aliphatic carbocycles. The molecule has 4 heteroatoms. The van der Waals surface area contributed by atoms with Crippen LogP contribution in [0, 0.1) is 5.82 Å². The molecule has 0 aliphatic rings. The van der Waals surface area contributed by atoms with E-state index in [1.807, 2.05) is 0 Å². The van der Waals surface area contributed by atoms with E-state index in [1.54, 1.807) is 30.6 Å². The number of anilines is 1. The standard InChI is InChI=1S/C14H15FN2O/c15-12-3-1-10(2-4-12)7-13(18)8-11-9-17-6-5-14(11)16/h1-6,9,13,18H,7-8H2,(H2,16,17). The molecule has 0 amide bonds. The SMILES string of the molecule is Nc1ccncc1CC(O)Cc1ccc(F)cc1. The van der Waals surface area contributed by atoms with Gasteiger partial charge in [0.2, 0.25) is 0 Å². The van der Waals surface area contributed by atoms with Crippen LogP contribution in [0.15, 0.2) is 42.7 Å². The van der Waals surface area contributed by atoms with E-state index < -0.39 is 6.10 Å². The van der Waals surface area contributed by atoms with Gasteiger partial charge in [0, 0.05) is 24.5 Å². The van der Waals surface area contributed by atoms with Crippen LogP contribution < -0.4 is 5.73 Å². The highest BCUT2D eigenvalue weighted by atomic mass is 19.1. The maximum absolute atomic E-state index is 12.7.